The van der Waals surface area contributed by atoms with Gasteiger partial charge in [0.05, 0.1) is 6.04 Å². The van der Waals surface area contributed by atoms with Crippen molar-refractivity contribution in [1.82, 2.24) is 25.0 Å². The Hall–Kier alpha value is -2.74. The number of nitrogens with two attached hydrogens (primary N) is 1. The molecule has 2 heterocycles. The highest BCUT2D eigenvalue weighted by Crippen LogP contribution is 2.25. The first-order chi connectivity index (χ1) is 13.6. The van der Waals surface area contributed by atoms with Crippen LogP contribution in [0, 0.1) is 0 Å². The maximum Gasteiger partial charge on any atom is 0.227 e. The predicted octanol–water partition coefficient (Wildman–Crippen LogP) is 3.10. The van der Waals surface area contributed by atoms with Gasteiger partial charge in [0.25, 0.3) is 0 Å². The molecule has 4 N–H and O–H groups in total. The van der Waals surface area contributed by atoms with E-state index >= 15 is 0 Å². The van der Waals surface area contributed by atoms with E-state index in [0.717, 1.165) is 18.5 Å². The summed E-state index contributed by atoms with van der Waals surface area (Å²) in [6.07, 6.45) is 4.44. The molecule has 1 aliphatic rings. The van der Waals surface area contributed by atoms with Gasteiger partial charge in [-0.3, -0.25) is 0 Å². The normalized spacial score (nSPS) is 19.9. The number of nitrogens with zero attached hydrogens (tertiary/aromatic N) is 5. The van der Waals surface area contributed by atoms with Crippen molar-refractivity contribution in [3.05, 3.63) is 35.9 Å². The number of fused-ring (bicyclic) bond motifs is 1. The molecule has 2 unspecified atom stereocenters. The highest BCUT2D eigenvalue weighted by Gasteiger charge is 2.24. The van der Waals surface area contributed by atoms with Gasteiger partial charge in [-0.25, -0.2) is 4.68 Å². The summed E-state index contributed by atoms with van der Waals surface area (Å²) in [5.74, 6) is 1.27. The van der Waals surface area contributed by atoms with Gasteiger partial charge in [0.15, 0.2) is 17.0 Å². The largest absolute Gasteiger partial charge is 0.364 e. The van der Waals surface area contributed by atoms with E-state index in [2.05, 4.69) is 46.9 Å². The zero-order valence-electron chi connectivity index (χ0n) is 16.5. The molecular weight excluding hydrogens is 352 g/mol. The number of benzene rings is 1. The minimum Gasteiger partial charge on any atom is -0.364 e. The first kappa shape index (κ1) is 18.6. The van der Waals surface area contributed by atoms with Crippen molar-refractivity contribution in [3.63, 3.8) is 0 Å². The van der Waals surface area contributed by atoms with E-state index in [0.29, 0.717) is 23.8 Å². The molecule has 8 heteroatoms. The molecule has 1 fully saturated rings. The maximum atomic E-state index is 6.31. The van der Waals surface area contributed by atoms with E-state index < -0.39 is 0 Å². The molecule has 0 spiro atoms. The Morgan fingerprint density at radius 2 is 1.93 bits per heavy atom. The Balaban J connectivity index is 1.65. The summed E-state index contributed by atoms with van der Waals surface area (Å²) < 4.78 is 1.83. The van der Waals surface area contributed by atoms with Crippen LogP contribution in [0.15, 0.2) is 30.3 Å². The highest BCUT2D eigenvalue weighted by molar-refractivity contribution is 5.83. The molecule has 0 radical (unpaired) electrons. The standard InChI is InChI=1S/C20H28N8/c1-13(2)28-19-17(26-27-28)18(22-12-14-8-4-3-5-9-14)24-20(25-19)23-16-11-7-6-10-15(16)21/h3-5,8-9,13,15-16H,6-7,10-12,21H2,1-2H3,(H2,22,23,24,25). The Morgan fingerprint density at radius 3 is 2.68 bits per heavy atom. The molecule has 148 valence electrons. The fourth-order valence-electron chi connectivity index (χ4n) is 3.65. The minimum atomic E-state index is 0.127. The summed E-state index contributed by atoms with van der Waals surface area (Å²) >= 11 is 0. The summed E-state index contributed by atoms with van der Waals surface area (Å²) in [7, 11) is 0. The summed E-state index contributed by atoms with van der Waals surface area (Å²) in [6, 6.07) is 10.7. The monoisotopic (exact) mass is 380 g/mol. The number of anilines is 2. The second-order valence-corrected chi connectivity index (χ2v) is 7.73. The van der Waals surface area contributed by atoms with Crippen LogP contribution < -0.4 is 16.4 Å². The molecule has 1 aromatic carbocycles. The SMILES string of the molecule is CC(C)n1nnc2c(NCc3ccccc3)nc(NC3CCCCC3N)nc21. The van der Waals surface area contributed by atoms with Crippen molar-refractivity contribution in [1.29, 1.82) is 0 Å². The third-order valence-electron chi connectivity index (χ3n) is 5.25. The smallest absolute Gasteiger partial charge is 0.227 e. The predicted molar refractivity (Wildman–Crippen MR) is 111 cm³/mol. The van der Waals surface area contributed by atoms with Crippen molar-refractivity contribution in [2.45, 2.75) is 64.2 Å². The van der Waals surface area contributed by atoms with Crippen LogP contribution in [0.1, 0.15) is 51.1 Å². The lowest BCUT2D eigenvalue weighted by Gasteiger charge is -2.29. The van der Waals surface area contributed by atoms with Gasteiger partial charge in [0.2, 0.25) is 5.95 Å². The van der Waals surface area contributed by atoms with E-state index in [4.69, 9.17) is 15.7 Å². The lowest BCUT2D eigenvalue weighted by molar-refractivity contribution is 0.402. The lowest BCUT2D eigenvalue weighted by atomic mass is 9.91. The van der Waals surface area contributed by atoms with Crippen LogP contribution in [-0.2, 0) is 6.54 Å². The van der Waals surface area contributed by atoms with Crippen LogP contribution in [0.4, 0.5) is 11.8 Å². The number of hydrogen-bond acceptors (Lipinski definition) is 7. The number of hydrogen-bond donors (Lipinski definition) is 3. The third kappa shape index (κ3) is 3.91. The van der Waals surface area contributed by atoms with Crippen molar-refractivity contribution in [2.24, 2.45) is 5.73 Å². The van der Waals surface area contributed by atoms with Gasteiger partial charge in [-0.2, -0.15) is 9.97 Å². The second-order valence-electron chi connectivity index (χ2n) is 7.73. The van der Waals surface area contributed by atoms with E-state index in [9.17, 15) is 0 Å². The molecule has 0 saturated heterocycles. The van der Waals surface area contributed by atoms with Crippen molar-refractivity contribution < 1.29 is 0 Å². The zero-order valence-corrected chi connectivity index (χ0v) is 16.5. The van der Waals surface area contributed by atoms with Crippen LogP contribution in [0.25, 0.3) is 11.2 Å². The Bertz CT molecular complexity index is 921. The molecule has 28 heavy (non-hydrogen) atoms. The van der Waals surface area contributed by atoms with E-state index in [1.807, 2.05) is 22.9 Å². The minimum absolute atomic E-state index is 0.127. The van der Waals surface area contributed by atoms with Gasteiger partial charge in [0, 0.05) is 18.6 Å². The molecule has 2 aromatic heterocycles. The number of nitrogens with one attached hydrogen (secondary N) is 2. The van der Waals surface area contributed by atoms with Gasteiger partial charge in [-0.05, 0) is 32.3 Å². The first-order valence-electron chi connectivity index (χ1n) is 10.0. The summed E-state index contributed by atoms with van der Waals surface area (Å²) in [6.45, 7) is 4.79. The van der Waals surface area contributed by atoms with Gasteiger partial charge in [-0.15, -0.1) is 5.10 Å². The van der Waals surface area contributed by atoms with E-state index in [-0.39, 0.29) is 18.1 Å². The van der Waals surface area contributed by atoms with Crippen LogP contribution >= 0.6 is 0 Å². The average Bonchev–Trinajstić information content (AvgIpc) is 3.13. The fourth-order valence-corrected chi connectivity index (χ4v) is 3.65. The van der Waals surface area contributed by atoms with Crippen LogP contribution in [0.2, 0.25) is 0 Å². The average molecular weight is 381 g/mol. The molecule has 2 atom stereocenters. The van der Waals surface area contributed by atoms with Gasteiger partial charge >= 0.3 is 0 Å². The molecule has 4 rings (SSSR count). The Morgan fingerprint density at radius 1 is 1.14 bits per heavy atom. The van der Waals surface area contributed by atoms with Gasteiger partial charge in [0.1, 0.15) is 0 Å². The summed E-state index contributed by atoms with van der Waals surface area (Å²) in [5.41, 5.74) is 8.89. The highest BCUT2D eigenvalue weighted by atomic mass is 15.5. The Kier molecular flexibility index (Phi) is 5.38. The zero-order chi connectivity index (χ0) is 19.5. The van der Waals surface area contributed by atoms with Crippen LogP contribution in [0.5, 0.6) is 0 Å². The molecule has 0 aliphatic heterocycles. The third-order valence-corrected chi connectivity index (χ3v) is 5.25. The molecule has 1 saturated carbocycles. The van der Waals surface area contributed by atoms with Crippen molar-refractivity contribution in [2.75, 3.05) is 10.6 Å². The van der Waals surface area contributed by atoms with E-state index in [1.165, 1.54) is 18.4 Å². The van der Waals surface area contributed by atoms with Crippen molar-refractivity contribution in [3.8, 4) is 0 Å². The topological polar surface area (TPSA) is 107 Å². The molecular formula is C20H28N8. The second kappa shape index (κ2) is 8.10. The summed E-state index contributed by atoms with van der Waals surface area (Å²) in [5, 5.41) is 15.5. The quantitative estimate of drug-likeness (QED) is 0.603. The molecule has 0 amide bonds. The molecule has 3 aromatic rings. The maximum absolute atomic E-state index is 6.31. The summed E-state index contributed by atoms with van der Waals surface area (Å²) in [4.78, 5) is 9.43. The Labute approximate surface area is 164 Å². The van der Waals surface area contributed by atoms with Gasteiger partial charge in [-0.1, -0.05) is 48.4 Å². The van der Waals surface area contributed by atoms with Crippen molar-refractivity contribution >= 4 is 22.9 Å². The molecule has 0 bridgehead atoms. The van der Waals surface area contributed by atoms with E-state index in [1.54, 1.807) is 0 Å². The van der Waals surface area contributed by atoms with Gasteiger partial charge < -0.3 is 16.4 Å². The number of aromatic nitrogens is 5. The number of rotatable bonds is 6. The van der Waals surface area contributed by atoms with Crippen LogP contribution in [-0.4, -0.2) is 37.0 Å². The molecule has 1 aliphatic carbocycles. The van der Waals surface area contributed by atoms with Crippen LogP contribution in [0.3, 0.4) is 0 Å². The molecule has 8 nitrogen and oxygen atoms in total. The lowest BCUT2D eigenvalue weighted by Crippen LogP contribution is -2.43. The first-order valence-corrected chi connectivity index (χ1v) is 10.0. The fraction of sp³-hybridized carbons (Fsp3) is 0.500.